The fraction of sp³-hybridized carbons (Fsp3) is 1.00. The van der Waals surface area contributed by atoms with Crippen LogP contribution in [0, 0.1) is 5.92 Å². The Bertz CT molecular complexity index is 249. The smallest absolute Gasteiger partial charge is 0.0249 e. The minimum Gasteiger partial charge on any atom is -0.317 e. The molecular weight excluding hydrogens is 220 g/mol. The molecular formula is C12H24N2OS. The summed E-state index contributed by atoms with van der Waals surface area (Å²) >= 11 is 0. The molecule has 2 rings (SSSR count). The van der Waals surface area contributed by atoms with Gasteiger partial charge < -0.3 is 5.32 Å². The molecule has 94 valence electrons. The summed E-state index contributed by atoms with van der Waals surface area (Å²) < 4.78 is 11.3. The Kier molecular flexibility index (Phi) is 4.39. The van der Waals surface area contributed by atoms with E-state index in [9.17, 15) is 4.21 Å². The van der Waals surface area contributed by atoms with Crippen molar-refractivity contribution >= 4 is 10.8 Å². The van der Waals surface area contributed by atoms with Crippen LogP contribution in [0.25, 0.3) is 0 Å². The maximum absolute atomic E-state index is 11.3. The average molecular weight is 244 g/mol. The van der Waals surface area contributed by atoms with Gasteiger partial charge in [-0.1, -0.05) is 6.92 Å². The molecule has 0 aliphatic carbocycles. The summed E-state index contributed by atoms with van der Waals surface area (Å²) in [5, 5.41) is 3.41. The molecule has 1 N–H and O–H groups in total. The zero-order valence-corrected chi connectivity index (χ0v) is 11.3. The maximum Gasteiger partial charge on any atom is 0.0249 e. The highest BCUT2D eigenvalue weighted by Crippen LogP contribution is 2.23. The normalized spacial score (nSPS) is 42.1. The van der Waals surface area contributed by atoms with Crippen LogP contribution < -0.4 is 5.32 Å². The molecule has 0 spiro atoms. The Morgan fingerprint density at radius 1 is 1.25 bits per heavy atom. The Labute approximate surface area is 101 Å². The molecule has 4 heteroatoms. The minimum atomic E-state index is -0.522. The highest BCUT2D eigenvalue weighted by Gasteiger charge is 2.30. The minimum absolute atomic E-state index is 0.522. The standard InChI is InChI=1S/C12H24N2OS/c1-10-9-14(6-3-12(10)13-2)11-4-7-16(15)8-5-11/h10-13H,3-9H2,1-2H3. The summed E-state index contributed by atoms with van der Waals surface area (Å²) in [6.45, 7) is 4.77. The first kappa shape index (κ1) is 12.5. The van der Waals surface area contributed by atoms with E-state index in [1.165, 1.54) is 19.5 Å². The van der Waals surface area contributed by atoms with Crippen molar-refractivity contribution in [3.05, 3.63) is 0 Å². The first-order valence-corrected chi connectivity index (χ1v) is 7.96. The van der Waals surface area contributed by atoms with Gasteiger partial charge in [0.25, 0.3) is 0 Å². The largest absolute Gasteiger partial charge is 0.317 e. The third-order valence-corrected chi connectivity index (χ3v) is 5.56. The Hall–Kier alpha value is 0.0700. The number of hydrogen-bond acceptors (Lipinski definition) is 3. The number of likely N-dealkylation sites (tertiary alicyclic amines) is 1. The predicted molar refractivity (Wildman–Crippen MR) is 69.1 cm³/mol. The Morgan fingerprint density at radius 2 is 1.94 bits per heavy atom. The van der Waals surface area contributed by atoms with Crippen LogP contribution in [0.1, 0.15) is 26.2 Å². The number of piperidine rings is 1. The van der Waals surface area contributed by atoms with E-state index in [0.717, 1.165) is 30.3 Å². The monoisotopic (exact) mass is 244 g/mol. The Balaban J connectivity index is 1.85. The molecule has 0 bridgehead atoms. The third-order valence-electron chi connectivity index (χ3n) is 4.18. The van der Waals surface area contributed by atoms with Crippen LogP contribution >= 0.6 is 0 Å². The molecule has 16 heavy (non-hydrogen) atoms. The van der Waals surface area contributed by atoms with E-state index in [1.807, 2.05) is 0 Å². The van der Waals surface area contributed by atoms with Crippen LogP contribution in [0.4, 0.5) is 0 Å². The summed E-state index contributed by atoms with van der Waals surface area (Å²) in [5.41, 5.74) is 0. The van der Waals surface area contributed by atoms with Gasteiger partial charge in [-0.3, -0.25) is 9.11 Å². The molecule has 0 aromatic rings. The molecule has 2 aliphatic rings. The molecule has 0 saturated carbocycles. The topological polar surface area (TPSA) is 32.3 Å². The van der Waals surface area contributed by atoms with E-state index in [-0.39, 0.29) is 0 Å². The second-order valence-electron chi connectivity index (χ2n) is 5.24. The Morgan fingerprint density at radius 3 is 2.50 bits per heavy atom. The molecule has 2 saturated heterocycles. The molecule has 2 atom stereocenters. The zero-order valence-electron chi connectivity index (χ0n) is 10.4. The van der Waals surface area contributed by atoms with Gasteiger partial charge in [0.15, 0.2) is 0 Å². The summed E-state index contributed by atoms with van der Waals surface area (Å²) in [4.78, 5) is 2.63. The lowest BCUT2D eigenvalue weighted by molar-refractivity contribution is 0.101. The van der Waals surface area contributed by atoms with Gasteiger partial charge in [-0.05, 0) is 38.8 Å². The zero-order chi connectivity index (χ0) is 11.5. The number of rotatable bonds is 2. The van der Waals surface area contributed by atoms with E-state index >= 15 is 0 Å². The first-order chi connectivity index (χ1) is 7.70. The molecule has 2 unspecified atom stereocenters. The summed E-state index contributed by atoms with van der Waals surface area (Å²) in [6, 6.07) is 1.40. The van der Waals surface area contributed by atoms with Crippen molar-refractivity contribution in [2.45, 2.75) is 38.3 Å². The molecule has 2 fully saturated rings. The van der Waals surface area contributed by atoms with Crippen molar-refractivity contribution in [3.63, 3.8) is 0 Å². The van der Waals surface area contributed by atoms with Crippen LogP contribution in [0.5, 0.6) is 0 Å². The number of nitrogens with zero attached hydrogens (tertiary/aromatic N) is 1. The molecule has 0 aromatic carbocycles. The lowest BCUT2D eigenvalue weighted by atomic mass is 9.92. The fourth-order valence-electron chi connectivity index (χ4n) is 3.08. The van der Waals surface area contributed by atoms with Gasteiger partial charge in [-0.2, -0.15) is 0 Å². The second-order valence-corrected chi connectivity index (χ2v) is 6.93. The molecule has 2 heterocycles. The first-order valence-electron chi connectivity index (χ1n) is 6.47. The maximum atomic E-state index is 11.3. The average Bonchev–Trinajstić information content (AvgIpc) is 2.30. The van der Waals surface area contributed by atoms with Crippen LogP contribution in [-0.4, -0.2) is 52.8 Å². The molecule has 3 nitrogen and oxygen atoms in total. The highest BCUT2D eigenvalue weighted by molar-refractivity contribution is 7.85. The van der Waals surface area contributed by atoms with E-state index in [4.69, 9.17) is 0 Å². The van der Waals surface area contributed by atoms with Crippen LogP contribution in [-0.2, 0) is 10.8 Å². The lowest BCUT2D eigenvalue weighted by Crippen LogP contribution is -2.51. The summed E-state index contributed by atoms with van der Waals surface area (Å²) in [5.74, 6) is 2.59. The third kappa shape index (κ3) is 2.84. The van der Waals surface area contributed by atoms with Crippen molar-refractivity contribution in [3.8, 4) is 0 Å². The van der Waals surface area contributed by atoms with E-state index in [1.54, 1.807) is 0 Å². The van der Waals surface area contributed by atoms with Crippen LogP contribution in [0.2, 0.25) is 0 Å². The second kappa shape index (κ2) is 5.61. The van der Waals surface area contributed by atoms with E-state index < -0.39 is 10.8 Å². The number of hydrogen-bond donors (Lipinski definition) is 1. The predicted octanol–water partition coefficient (Wildman–Crippen LogP) is 0.827. The van der Waals surface area contributed by atoms with Crippen molar-refractivity contribution < 1.29 is 4.21 Å². The quantitative estimate of drug-likeness (QED) is 0.781. The van der Waals surface area contributed by atoms with Gasteiger partial charge >= 0.3 is 0 Å². The van der Waals surface area contributed by atoms with Crippen molar-refractivity contribution in [2.24, 2.45) is 5.92 Å². The van der Waals surface area contributed by atoms with Gasteiger partial charge in [0.05, 0.1) is 0 Å². The molecule has 0 radical (unpaired) electrons. The van der Waals surface area contributed by atoms with Gasteiger partial charge in [0.1, 0.15) is 0 Å². The number of nitrogens with one attached hydrogen (secondary N) is 1. The fourth-order valence-corrected chi connectivity index (χ4v) is 4.36. The van der Waals surface area contributed by atoms with Crippen molar-refractivity contribution in [1.29, 1.82) is 0 Å². The van der Waals surface area contributed by atoms with E-state index in [2.05, 4.69) is 24.2 Å². The summed E-state index contributed by atoms with van der Waals surface area (Å²) in [6.07, 6.45) is 3.55. The summed E-state index contributed by atoms with van der Waals surface area (Å²) in [7, 11) is 1.55. The SMILES string of the molecule is CNC1CCN(C2CCS(=O)CC2)CC1C. The van der Waals surface area contributed by atoms with Gasteiger partial charge in [0.2, 0.25) is 0 Å². The highest BCUT2D eigenvalue weighted by atomic mass is 32.2. The van der Waals surface area contributed by atoms with Gasteiger partial charge in [-0.25, -0.2) is 0 Å². The van der Waals surface area contributed by atoms with Crippen LogP contribution in [0.3, 0.4) is 0 Å². The van der Waals surface area contributed by atoms with Gasteiger partial charge in [0, 0.05) is 40.9 Å². The van der Waals surface area contributed by atoms with E-state index in [0.29, 0.717) is 12.1 Å². The molecule has 2 aliphatic heterocycles. The van der Waals surface area contributed by atoms with Crippen LogP contribution in [0.15, 0.2) is 0 Å². The van der Waals surface area contributed by atoms with Crippen molar-refractivity contribution in [1.82, 2.24) is 10.2 Å². The molecule has 0 aromatic heterocycles. The van der Waals surface area contributed by atoms with Crippen molar-refractivity contribution in [2.75, 3.05) is 31.6 Å². The van der Waals surface area contributed by atoms with Gasteiger partial charge in [-0.15, -0.1) is 0 Å². The lowest BCUT2D eigenvalue weighted by Gasteiger charge is -2.42. The molecule has 0 amide bonds.